The standard InChI is InChI=1S/C10H22N2O/c1-13-9-8-12(7-5-11)6-4-10-2-3-10/h10H,2-9,11H2,1H3. The van der Waals surface area contributed by atoms with Crippen molar-refractivity contribution in [2.45, 2.75) is 19.3 Å². The van der Waals surface area contributed by atoms with Crippen LogP contribution in [0.5, 0.6) is 0 Å². The highest BCUT2D eigenvalue weighted by Gasteiger charge is 2.21. The van der Waals surface area contributed by atoms with Gasteiger partial charge in [0.25, 0.3) is 0 Å². The highest BCUT2D eigenvalue weighted by Crippen LogP contribution is 2.32. The lowest BCUT2D eigenvalue weighted by Crippen LogP contribution is -2.33. The molecule has 1 fully saturated rings. The number of rotatable bonds is 8. The Hall–Kier alpha value is -0.120. The first-order valence-electron chi connectivity index (χ1n) is 5.28. The highest BCUT2D eigenvalue weighted by molar-refractivity contribution is 4.74. The predicted molar refractivity (Wildman–Crippen MR) is 54.7 cm³/mol. The minimum Gasteiger partial charge on any atom is -0.383 e. The lowest BCUT2D eigenvalue weighted by molar-refractivity contribution is 0.147. The maximum absolute atomic E-state index is 5.54. The topological polar surface area (TPSA) is 38.5 Å². The summed E-state index contributed by atoms with van der Waals surface area (Å²) in [5.41, 5.74) is 5.54. The molecule has 1 rings (SSSR count). The Bertz CT molecular complexity index is 126. The lowest BCUT2D eigenvalue weighted by atomic mass is 10.2. The largest absolute Gasteiger partial charge is 0.383 e. The number of nitrogens with two attached hydrogens (primary N) is 1. The number of ether oxygens (including phenoxy) is 1. The van der Waals surface area contributed by atoms with E-state index in [1.54, 1.807) is 7.11 Å². The van der Waals surface area contributed by atoms with E-state index in [1.807, 2.05) is 0 Å². The van der Waals surface area contributed by atoms with Gasteiger partial charge in [0.15, 0.2) is 0 Å². The zero-order valence-corrected chi connectivity index (χ0v) is 8.67. The summed E-state index contributed by atoms with van der Waals surface area (Å²) in [6, 6.07) is 0. The first kappa shape index (κ1) is 11.0. The molecule has 0 aromatic carbocycles. The molecule has 0 amide bonds. The number of methoxy groups -OCH3 is 1. The number of hydrogen-bond donors (Lipinski definition) is 1. The van der Waals surface area contributed by atoms with Crippen LogP contribution >= 0.6 is 0 Å². The molecule has 0 atom stereocenters. The number of nitrogens with zero attached hydrogens (tertiary/aromatic N) is 1. The van der Waals surface area contributed by atoms with Crippen LogP contribution in [0, 0.1) is 5.92 Å². The number of hydrogen-bond acceptors (Lipinski definition) is 3. The monoisotopic (exact) mass is 186 g/mol. The van der Waals surface area contributed by atoms with E-state index in [4.69, 9.17) is 10.5 Å². The van der Waals surface area contributed by atoms with E-state index >= 15 is 0 Å². The van der Waals surface area contributed by atoms with Gasteiger partial charge in [0.1, 0.15) is 0 Å². The molecule has 78 valence electrons. The van der Waals surface area contributed by atoms with Crippen LogP contribution in [0.15, 0.2) is 0 Å². The summed E-state index contributed by atoms with van der Waals surface area (Å²) in [7, 11) is 1.75. The van der Waals surface area contributed by atoms with Gasteiger partial charge in [-0.3, -0.25) is 4.90 Å². The second-order valence-electron chi connectivity index (χ2n) is 3.86. The van der Waals surface area contributed by atoms with E-state index in [0.717, 1.165) is 32.2 Å². The van der Waals surface area contributed by atoms with Crippen molar-refractivity contribution >= 4 is 0 Å². The average Bonchev–Trinajstić information content (AvgIpc) is 2.93. The summed E-state index contributed by atoms with van der Waals surface area (Å²) in [5.74, 6) is 1.02. The van der Waals surface area contributed by atoms with Gasteiger partial charge in [-0.05, 0) is 18.9 Å². The Labute approximate surface area is 81.2 Å². The normalized spacial score (nSPS) is 16.8. The molecule has 2 N–H and O–H groups in total. The van der Waals surface area contributed by atoms with Crippen LogP contribution in [0.3, 0.4) is 0 Å². The van der Waals surface area contributed by atoms with Crippen LogP contribution in [0.4, 0.5) is 0 Å². The predicted octanol–water partition coefficient (Wildman–Crippen LogP) is 0.694. The molecule has 0 radical (unpaired) electrons. The zero-order chi connectivity index (χ0) is 9.52. The van der Waals surface area contributed by atoms with Crippen molar-refractivity contribution in [2.24, 2.45) is 11.7 Å². The molecule has 1 aliphatic rings. The summed E-state index contributed by atoms with van der Waals surface area (Å²) in [5, 5.41) is 0. The van der Waals surface area contributed by atoms with Crippen molar-refractivity contribution in [1.29, 1.82) is 0 Å². The van der Waals surface area contributed by atoms with Gasteiger partial charge >= 0.3 is 0 Å². The van der Waals surface area contributed by atoms with Gasteiger partial charge in [-0.2, -0.15) is 0 Å². The zero-order valence-electron chi connectivity index (χ0n) is 8.67. The molecule has 3 nitrogen and oxygen atoms in total. The Morgan fingerprint density at radius 2 is 2.08 bits per heavy atom. The molecule has 0 aromatic heterocycles. The molecule has 0 aliphatic heterocycles. The van der Waals surface area contributed by atoms with Crippen molar-refractivity contribution in [3.8, 4) is 0 Å². The van der Waals surface area contributed by atoms with Crippen molar-refractivity contribution in [2.75, 3.05) is 39.9 Å². The molecular formula is C10H22N2O. The van der Waals surface area contributed by atoms with Crippen LogP contribution in [0.2, 0.25) is 0 Å². The average molecular weight is 186 g/mol. The van der Waals surface area contributed by atoms with Crippen LogP contribution in [-0.4, -0.2) is 44.8 Å². The third kappa shape index (κ3) is 5.24. The van der Waals surface area contributed by atoms with Gasteiger partial charge in [0.05, 0.1) is 6.61 Å². The molecule has 0 unspecified atom stereocenters. The summed E-state index contributed by atoms with van der Waals surface area (Å²) in [6.07, 6.45) is 4.24. The Kier molecular flexibility index (Phi) is 5.35. The molecule has 1 saturated carbocycles. The van der Waals surface area contributed by atoms with Gasteiger partial charge in [0, 0.05) is 26.7 Å². The lowest BCUT2D eigenvalue weighted by Gasteiger charge is -2.20. The maximum Gasteiger partial charge on any atom is 0.0589 e. The molecule has 0 aromatic rings. The maximum atomic E-state index is 5.54. The summed E-state index contributed by atoms with van der Waals surface area (Å²) >= 11 is 0. The molecule has 0 spiro atoms. The van der Waals surface area contributed by atoms with E-state index < -0.39 is 0 Å². The van der Waals surface area contributed by atoms with E-state index in [1.165, 1.54) is 25.8 Å². The van der Waals surface area contributed by atoms with E-state index in [-0.39, 0.29) is 0 Å². The molecule has 1 aliphatic carbocycles. The van der Waals surface area contributed by atoms with Crippen LogP contribution in [0.1, 0.15) is 19.3 Å². The molecule has 0 saturated heterocycles. The summed E-state index contributed by atoms with van der Waals surface area (Å²) in [6.45, 7) is 4.82. The first-order chi connectivity index (χ1) is 6.36. The van der Waals surface area contributed by atoms with Gasteiger partial charge < -0.3 is 10.5 Å². The van der Waals surface area contributed by atoms with Gasteiger partial charge in [0.2, 0.25) is 0 Å². The Balaban J connectivity index is 2.03. The molecule has 0 heterocycles. The minimum atomic E-state index is 0.758. The van der Waals surface area contributed by atoms with Crippen LogP contribution < -0.4 is 5.73 Å². The second-order valence-corrected chi connectivity index (χ2v) is 3.86. The quantitative estimate of drug-likeness (QED) is 0.606. The van der Waals surface area contributed by atoms with Crippen molar-refractivity contribution in [3.05, 3.63) is 0 Å². The third-order valence-electron chi connectivity index (χ3n) is 2.61. The molecule has 13 heavy (non-hydrogen) atoms. The Morgan fingerprint density at radius 3 is 2.62 bits per heavy atom. The molecule has 3 heteroatoms. The highest BCUT2D eigenvalue weighted by atomic mass is 16.5. The fourth-order valence-corrected chi connectivity index (χ4v) is 1.51. The minimum absolute atomic E-state index is 0.758. The third-order valence-corrected chi connectivity index (χ3v) is 2.61. The fraction of sp³-hybridized carbons (Fsp3) is 1.00. The van der Waals surface area contributed by atoms with Gasteiger partial charge in [-0.15, -0.1) is 0 Å². The van der Waals surface area contributed by atoms with Crippen molar-refractivity contribution in [3.63, 3.8) is 0 Å². The summed E-state index contributed by atoms with van der Waals surface area (Å²) in [4.78, 5) is 2.40. The molecular weight excluding hydrogens is 164 g/mol. The Morgan fingerprint density at radius 1 is 1.31 bits per heavy atom. The van der Waals surface area contributed by atoms with Gasteiger partial charge in [-0.1, -0.05) is 12.8 Å². The summed E-state index contributed by atoms with van der Waals surface area (Å²) < 4.78 is 5.06. The second kappa shape index (κ2) is 6.35. The van der Waals surface area contributed by atoms with Crippen molar-refractivity contribution in [1.82, 2.24) is 4.90 Å². The van der Waals surface area contributed by atoms with E-state index in [0.29, 0.717) is 0 Å². The first-order valence-corrected chi connectivity index (χ1v) is 5.28. The van der Waals surface area contributed by atoms with Gasteiger partial charge in [-0.25, -0.2) is 0 Å². The molecule has 0 bridgehead atoms. The van der Waals surface area contributed by atoms with E-state index in [2.05, 4.69) is 4.90 Å². The SMILES string of the molecule is COCCN(CCN)CCC1CC1. The van der Waals surface area contributed by atoms with Crippen molar-refractivity contribution < 1.29 is 4.74 Å². The van der Waals surface area contributed by atoms with Crippen LogP contribution in [-0.2, 0) is 4.74 Å². The van der Waals surface area contributed by atoms with E-state index in [9.17, 15) is 0 Å². The van der Waals surface area contributed by atoms with Crippen LogP contribution in [0.25, 0.3) is 0 Å². The fourth-order valence-electron chi connectivity index (χ4n) is 1.51. The smallest absolute Gasteiger partial charge is 0.0589 e.